The number of hydrogen-bond acceptors (Lipinski definition) is 6. The van der Waals surface area contributed by atoms with Gasteiger partial charge in [-0.25, -0.2) is 18.2 Å². The third kappa shape index (κ3) is 5.40. The fraction of sp³-hybridized carbons (Fsp3) is 0.517. The van der Waals surface area contributed by atoms with Crippen molar-refractivity contribution in [2.75, 3.05) is 0 Å². The summed E-state index contributed by atoms with van der Waals surface area (Å²) < 4.78 is 33.4. The van der Waals surface area contributed by atoms with Crippen LogP contribution in [0.4, 0.5) is 0 Å². The molecule has 0 saturated heterocycles. The van der Waals surface area contributed by atoms with Crippen LogP contribution < -0.4 is 5.63 Å². The molecular formula is C29H34N2O5S. The summed E-state index contributed by atoms with van der Waals surface area (Å²) in [4.78, 5) is 17.4. The van der Waals surface area contributed by atoms with Crippen molar-refractivity contribution in [1.29, 1.82) is 0 Å². The van der Waals surface area contributed by atoms with Crippen LogP contribution in [0.2, 0.25) is 0 Å². The molecule has 1 unspecified atom stereocenters. The topological polar surface area (TPSA) is 102 Å². The molecule has 3 aliphatic rings. The van der Waals surface area contributed by atoms with Gasteiger partial charge in [0.2, 0.25) is 15.0 Å². The Morgan fingerprint density at radius 2 is 1.78 bits per heavy atom. The smallest absolute Gasteiger partial charge is 0.343 e. The molecule has 0 radical (unpaired) electrons. The highest BCUT2D eigenvalue weighted by Gasteiger charge is 2.39. The molecule has 0 spiro atoms. The molecule has 0 amide bonds. The van der Waals surface area contributed by atoms with E-state index in [0.717, 1.165) is 31.2 Å². The van der Waals surface area contributed by atoms with E-state index in [1.807, 2.05) is 18.2 Å². The van der Waals surface area contributed by atoms with Gasteiger partial charge < -0.3 is 14.1 Å². The van der Waals surface area contributed by atoms with Gasteiger partial charge in [0.1, 0.15) is 11.5 Å². The lowest BCUT2D eigenvalue weighted by atomic mass is 9.86. The summed E-state index contributed by atoms with van der Waals surface area (Å²) in [5, 5.41) is 11.2. The van der Waals surface area contributed by atoms with Crippen molar-refractivity contribution in [3.63, 3.8) is 0 Å². The normalized spacial score (nSPS) is 18.9. The van der Waals surface area contributed by atoms with Gasteiger partial charge in [0, 0.05) is 37.3 Å². The summed E-state index contributed by atoms with van der Waals surface area (Å²) in [6.07, 6.45) is 12.0. The Hall–Kier alpha value is -2.87. The molecule has 3 fully saturated rings. The zero-order chi connectivity index (χ0) is 25.7. The van der Waals surface area contributed by atoms with E-state index in [0.29, 0.717) is 28.7 Å². The molecule has 1 aromatic carbocycles. The average molecular weight is 523 g/mol. The second-order valence-corrected chi connectivity index (χ2v) is 13.3. The molecule has 3 aromatic rings. The SMILES string of the molecule is Cn1ccnc1S(=O)(=O)Cc1cccc(C(c2c(O)cc(C(CC3CC3)CC3CC3)oc2=O)C2CC2)c1. The van der Waals surface area contributed by atoms with Crippen molar-refractivity contribution in [2.24, 2.45) is 24.8 Å². The third-order valence-corrected chi connectivity index (χ3v) is 9.81. The quantitative estimate of drug-likeness (QED) is 0.368. The Morgan fingerprint density at radius 3 is 2.35 bits per heavy atom. The molecule has 37 heavy (non-hydrogen) atoms. The van der Waals surface area contributed by atoms with Crippen molar-refractivity contribution in [1.82, 2.24) is 9.55 Å². The first kappa shape index (κ1) is 24.5. The third-order valence-electron chi connectivity index (χ3n) is 8.14. The van der Waals surface area contributed by atoms with Crippen LogP contribution in [-0.2, 0) is 22.6 Å². The number of benzene rings is 1. The van der Waals surface area contributed by atoms with Crippen LogP contribution in [0.1, 0.15) is 85.7 Å². The lowest BCUT2D eigenvalue weighted by Crippen LogP contribution is -2.18. The number of imidazole rings is 1. The van der Waals surface area contributed by atoms with E-state index in [2.05, 4.69) is 4.98 Å². The van der Waals surface area contributed by atoms with Crippen LogP contribution >= 0.6 is 0 Å². The van der Waals surface area contributed by atoms with Gasteiger partial charge in [-0.05, 0) is 54.6 Å². The fourth-order valence-corrected chi connectivity index (χ4v) is 7.22. The van der Waals surface area contributed by atoms with Crippen LogP contribution in [-0.4, -0.2) is 23.1 Å². The fourth-order valence-electron chi connectivity index (χ4n) is 5.75. The molecule has 3 saturated carbocycles. The standard InChI is InChI=1S/C29H34N2O5S/c1-31-12-11-30-29(31)37(34,35)17-20-3-2-4-22(15-20)26(21-9-10-21)27-24(32)16-25(36-28(27)33)23(13-18-5-6-18)14-19-7-8-19/h2-4,11-12,15-16,18-19,21,23,26,32H,5-10,13-14,17H2,1H3. The molecule has 3 aliphatic carbocycles. The highest BCUT2D eigenvalue weighted by molar-refractivity contribution is 7.90. The zero-order valence-corrected chi connectivity index (χ0v) is 22.0. The Kier molecular flexibility index (Phi) is 6.25. The lowest BCUT2D eigenvalue weighted by molar-refractivity contribution is 0.357. The van der Waals surface area contributed by atoms with Crippen molar-refractivity contribution < 1.29 is 17.9 Å². The van der Waals surface area contributed by atoms with Crippen molar-refractivity contribution in [3.8, 4) is 5.75 Å². The maximum atomic E-state index is 13.4. The monoisotopic (exact) mass is 522 g/mol. The molecule has 1 atom stereocenters. The highest BCUT2D eigenvalue weighted by atomic mass is 32.2. The minimum Gasteiger partial charge on any atom is -0.507 e. The second kappa shape index (κ2) is 9.46. The number of aromatic hydroxyl groups is 1. The van der Waals surface area contributed by atoms with E-state index >= 15 is 0 Å². The molecule has 7 nitrogen and oxygen atoms in total. The average Bonchev–Trinajstić information content (AvgIpc) is 3.71. The van der Waals surface area contributed by atoms with E-state index in [1.54, 1.807) is 25.4 Å². The van der Waals surface area contributed by atoms with Gasteiger partial charge >= 0.3 is 5.63 Å². The summed E-state index contributed by atoms with van der Waals surface area (Å²) in [6.45, 7) is 0. The maximum absolute atomic E-state index is 13.4. The first-order valence-corrected chi connectivity index (χ1v) is 15.1. The van der Waals surface area contributed by atoms with E-state index in [1.165, 1.54) is 36.4 Å². The maximum Gasteiger partial charge on any atom is 0.343 e. The van der Waals surface area contributed by atoms with Crippen molar-refractivity contribution in [3.05, 3.63) is 75.6 Å². The van der Waals surface area contributed by atoms with Gasteiger partial charge in [-0.2, -0.15) is 0 Å². The summed E-state index contributed by atoms with van der Waals surface area (Å²) in [5.41, 5.74) is 1.29. The van der Waals surface area contributed by atoms with Gasteiger partial charge in [-0.1, -0.05) is 49.9 Å². The van der Waals surface area contributed by atoms with Crippen LogP contribution in [0.25, 0.3) is 0 Å². The Morgan fingerprint density at radius 1 is 1.08 bits per heavy atom. The highest BCUT2D eigenvalue weighted by Crippen LogP contribution is 2.49. The van der Waals surface area contributed by atoms with E-state index in [9.17, 15) is 18.3 Å². The second-order valence-electron chi connectivity index (χ2n) is 11.4. The van der Waals surface area contributed by atoms with Crippen LogP contribution in [0.15, 0.2) is 57.1 Å². The van der Waals surface area contributed by atoms with E-state index in [4.69, 9.17) is 4.42 Å². The van der Waals surface area contributed by atoms with E-state index < -0.39 is 15.5 Å². The summed E-state index contributed by atoms with van der Waals surface area (Å²) in [5.74, 6) is 1.93. The number of nitrogens with zero attached hydrogens (tertiary/aromatic N) is 2. The van der Waals surface area contributed by atoms with E-state index in [-0.39, 0.29) is 34.4 Å². The number of rotatable bonds is 11. The van der Waals surface area contributed by atoms with Crippen LogP contribution in [0.3, 0.4) is 0 Å². The molecule has 6 rings (SSSR count). The first-order chi connectivity index (χ1) is 17.8. The Balaban J connectivity index is 1.31. The van der Waals surface area contributed by atoms with Crippen LogP contribution in [0.5, 0.6) is 5.75 Å². The zero-order valence-electron chi connectivity index (χ0n) is 21.2. The molecule has 2 aromatic heterocycles. The summed E-state index contributed by atoms with van der Waals surface area (Å²) >= 11 is 0. The van der Waals surface area contributed by atoms with Gasteiger partial charge in [-0.3, -0.25) is 0 Å². The molecule has 196 valence electrons. The Bertz CT molecular complexity index is 1450. The van der Waals surface area contributed by atoms with Gasteiger partial charge in [-0.15, -0.1) is 0 Å². The van der Waals surface area contributed by atoms with Gasteiger partial charge in [0.05, 0.1) is 11.3 Å². The number of aromatic nitrogens is 2. The predicted molar refractivity (Wildman–Crippen MR) is 139 cm³/mol. The molecule has 1 N–H and O–H groups in total. The summed E-state index contributed by atoms with van der Waals surface area (Å²) in [6, 6.07) is 9.05. The summed E-state index contributed by atoms with van der Waals surface area (Å²) in [7, 11) is -1.97. The van der Waals surface area contributed by atoms with Crippen molar-refractivity contribution >= 4 is 9.84 Å². The molecule has 2 heterocycles. The number of aryl methyl sites for hydroxylation is 1. The van der Waals surface area contributed by atoms with Gasteiger partial charge in [0.25, 0.3) is 0 Å². The molecule has 0 bridgehead atoms. The van der Waals surface area contributed by atoms with Crippen LogP contribution in [0, 0.1) is 17.8 Å². The number of hydrogen-bond donors (Lipinski definition) is 1. The predicted octanol–water partition coefficient (Wildman–Crippen LogP) is 5.28. The lowest BCUT2D eigenvalue weighted by Gasteiger charge is -2.21. The minimum atomic E-state index is -3.63. The molecule has 0 aliphatic heterocycles. The molecular weight excluding hydrogens is 488 g/mol. The Labute approximate surface area is 217 Å². The largest absolute Gasteiger partial charge is 0.507 e. The van der Waals surface area contributed by atoms with Gasteiger partial charge in [0.15, 0.2) is 0 Å². The first-order valence-electron chi connectivity index (χ1n) is 13.4. The number of sulfone groups is 1. The minimum absolute atomic E-state index is 0.00535. The van der Waals surface area contributed by atoms with Crippen molar-refractivity contribution in [2.45, 2.75) is 74.1 Å². The molecule has 8 heteroatoms.